The summed E-state index contributed by atoms with van der Waals surface area (Å²) in [5.74, 6) is 2.06. The van der Waals surface area contributed by atoms with Gasteiger partial charge < -0.3 is 5.73 Å². The molecule has 3 heteroatoms. The number of anilines is 1. The largest absolute Gasteiger partial charge is 0.382 e. The standard InChI is InChI=1S/C16H21N3/c1-11-7-9-13(10-8-11)15-14(16(17)19-18-15)12-5-3-2-4-6-12/h2-6,11,13H,7-10H2,1H3,(H3,17,18,19). The maximum Gasteiger partial charge on any atom is 0.153 e. The number of nitrogen functional groups attached to an aromatic ring is 1. The summed E-state index contributed by atoms with van der Waals surface area (Å²) in [6, 6.07) is 10.3. The zero-order valence-corrected chi connectivity index (χ0v) is 11.4. The smallest absolute Gasteiger partial charge is 0.153 e. The zero-order valence-electron chi connectivity index (χ0n) is 11.4. The summed E-state index contributed by atoms with van der Waals surface area (Å²) in [5, 5.41) is 7.42. The van der Waals surface area contributed by atoms with E-state index in [1.54, 1.807) is 0 Å². The van der Waals surface area contributed by atoms with Crippen molar-refractivity contribution in [1.82, 2.24) is 10.2 Å². The number of aromatic amines is 1. The predicted octanol–water partition coefficient (Wildman–Crippen LogP) is 3.95. The van der Waals surface area contributed by atoms with Gasteiger partial charge in [0.2, 0.25) is 0 Å². The van der Waals surface area contributed by atoms with Gasteiger partial charge in [0, 0.05) is 17.2 Å². The molecule has 2 aromatic rings. The lowest BCUT2D eigenvalue weighted by atomic mass is 9.80. The Balaban J connectivity index is 1.95. The molecule has 1 fully saturated rings. The van der Waals surface area contributed by atoms with Crippen molar-refractivity contribution < 1.29 is 0 Å². The fourth-order valence-corrected chi connectivity index (χ4v) is 3.12. The lowest BCUT2D eigenvalue weighted by molar-refractivity contribution is 0.344. The van der Waals surface area contributed by atoms with E-state index in [1.807, 2.05) is 6.07 Å². The first-order valence-electron chi connectivity index (χ1n) is 7.15. The number of nitrogens with one attached hydrogen (secondary N) is 1. The first-order chi connectivity index (χ1) is 9.25. The Morgan fingerprint density at radius 2 is 1.79 bits per heavy atom. The van der Waals surface area contributed by atoms with Crippen molar-refractivity contribution in [3.63, 3.8) is 0 Å². The molecule has 0 atom stereocenters. The van der Waals surface area contributed by atoms with Gasteiger partial charge in [-0.3, -0.25) is 5.10 Å². The molecule has 1 aromatic carbocycles. The second kappa shape index (κ2) is 5.08. The van der Waals surface area contributed by atoms with E-state index < -0.39 is 0 Å². The molecule has 3 nitrogen and oxygen atoms in total. The summed E-state index contributed by atoms with van der Waals surface area (Å²) in [4.78, 5) is 0. The number of hydrogen-bond acceptors (Lipinski definition) is 2. The van der Waals surface area contributed by atoms with Crippen molar-refractivity contribution in [1.29, 1.82) is 0 Å². The molecule has 0 unspecified atom stereocenters. The van der Waals surface area contributed by atoms with E-state index >= 15 is 0 Å². The van der Waals surface area contributed by atoms with Crippen LogP contribution in [0, 0.1) is 5.92 Å². The fourth-order valence-electron chi connectivity index (χ4n) is 3.12. The summed E-state index contributed by atoms with van der Waals surface area (Å²) < 4.78 is 0. The van der Waals surface area contributed by atoms with Gasteiger partial charge >= 0.3 is 0 Å². The van der Waals surface area contributed by atoms with Crippen molar-refractivity contribution in [2.45, 2.75) is 38.5 Å². The van der Waals surface area contributed by atoms with Crippen LogP contribution in [0.25, 0.3) is 11.1 Å². The topological polar surface area (TPSA) is 54.7 Å². The molecule has 1 aliphatic rings. The van der Waals surface area contributed by atoms with Crippen LogP contribution >= 0.6 is 0 Å². The Labute approximate surface area is 114 Å². The summed E-state index contributed by atoms with van der Waals surface area (Å²) in [7, 11) is 0. The first kappa shape index (κ1) is 12.3. The van der Waals surface area contributed by atoms with Crippen LogP contribution in [0.3, 0.4) is 0 Å². The monoisotopic (exact) mass is 255 g/mol. The van der Waals surface area contributed by atoms with Crippen molar-refractivity contribution in [2.75, 3.05) is 5.73 Å². The number of benzene rings is 1. The van der Waals surface area contributed by atoms with E-state index in [0.29, 0.717) is 11.7 Å². The molecule has 1 saturated carbocycles. The van der Waals surface area contributed by atoms with E-state index in [-0.39, 0.29) is 0 Å². The fraction of sp³-hybridized carbons (Fsp3) is 0.438. The number of nitrogens with two attached hydrogens (primary N) is 1. The van der Waals surface area contributed by atoms with Gasteiger partial charge in [0.15, 0.2) is 5.82 Å². The van der Waals surface area contributed by atoms with E-state index in [4.69, 9.17) is 5.73 Å². The number of hydrogen-bond donors (Lipinski definition) is 2. The molecule has 100 valence electrons. The Bertz CT molecular complexity index is 536. The second-order valence-corrected chi connectivity index (χ2v) is 5.72. The molecule has 1 heterocycles. The molecular weight excluding hydrogens is 234 g/mol. The van der Waals surface area contributed by atoms with Gasteiger partial charge in [-0.05, 0) is 24.3 Å². The molecule has 3 N–H and O–H groups in total. The van der Waals surface area contributed by atoms with Crippen LogP contribution < -0.4 is 5.73 Å². The molecule has 0 bridgehead atoms. The van der Waals surface area contributed by atoms with Gasteiger partial charge in [0.1, 0.15) is 0 Å². The Morgan fingerprint density at radius 1 is 1.11 bits per heavy atom. The Kier molecular flexibility index (Phi) is 3.28. The molecule has 1 aromatic heterocycles. The van der Waals surface area contributed by atoms with E-state index in [9.17, 15) is 0 Å². The van der Waals surface area contributed by atoms with Crippen LogP contribution in [0.1, 0.15) is 44.2 Å². The minimum Gasteiger partial charge on any atom is -0.382 e. The minimum atomic E-state index is 0.580. The SMILES string of the molecule is CC1CCC(c2[nH]nc(N)c2-c2ccccc2)CC1. The highest BCUT2D eigenvalue weighted by atomic mass is 15.2. The summed E-state index contributed by atoms with van der Waals surface area (Å²) in [6.45, 7) is 2.34. The van der Waals surface area contributed by atoms with Crippen molar-refractivity contribution in [2.24, 2.45) is 5.92 Å². The predicted molar refractivity (Wildman–Crippen MR) is 78.8 cm³/mol. The summed E-state index contributed by atoms with van der Waals surface area (Å²) in [6.07, 6.45) is 5.08. The molecule has 0 amide bonds. The maximum absolute atomic E-state index is 6.07. The van der Waals surface area contributed by atoms with Gasteiger partial charge in [0.05, 0.1) is 0 Å². The zero-order chi connectivity index (χ0) is 13.2. The highest BCUT2D eigenvalue weighted by Gasteiger charge is 2.25. The highest BCUT2D eigenvalue weighted by Crippen LogP contribution is 2.40. The van der Waals surface area contributed by atoms with Crippen LogP contribution in [0.2, 0.25) is 0 Å². The van der Waals surface area contributed by atoms with Crippen molar-refractivity contribution >= 4 is 5.82 Å². The van der Waals surface area contributed by atoms with E-state index in [2.05, 4.69) is 41.4 Å². The number of H-pyrrole nitrogens is 1. The van der Waals surface area contributed by atoms with Crippen LogP contribution in [0.5, 0.6) is 0 Å². The van der Waals surface area contributed by atoms with Crippen LogP contribution in [-0.4, -0.2) is 10.2 Å². The van der Waals surface area contributed by atoms with E-state index in [1.165, 1.54) is 36.9 Å². The first-order valence-corrected chi connectivity index (χ1v) is 7.15. The van der Waals surface area contributed by atoms with Crippen LogP contribution in [0.15, 0.2) is 30.3 Å². The molecule has 3 rings (SSSR count). The highest BCUT2D eigenvalue weighted by molar-refractivity contribution is 5.76. The van der Waals surface area contributed by atoms with Gasteiger partial charge in [-0.2, -0.15) is 5.10 Å². The lowest BCUT2D eigenvalue weighted by Crippen LogP contribution is -2.12. The number of nitrogens with zero attached hydrogens (tertiary/aromatic N) is 1. The van der Waals surface area contributed by atoms with Crippen molar-refractivity contribution in [3.05, 3.63) is 36.0 Å². The molecule has 0 radical (unpaired) electrons. The van der Waals surface area contributed by atoms with Gasteiger partial charge in [0.25, 0.3) is 0 Å². The van der Waals surface area contributed by atoms with Gasteiger partial charge in [-0.25, -0.2) is 0 Å². The van der Waals surface area contributed by atoms with Gasteiger partial charge in [-0.15, -0.1) is 0 Å². The lowest BCUT2D eigenvalue weighted by Gasteiger charge is -2.26. The van der Waals surface area contributed by atoms with Gasteiger partial charge in [-0.1, -0.05) is 50.1 Å². The van der Waals surface area contributed by atoms with Crippen LogP contribution in [-0.2, 0) is 0 Å². The van der Waals surface area contributed by atoms with Crippen LogP contribution in [0.4, 0.5) is 5.82 Å². The van der Waals surface area contributed by atoms with Crippen molar-refractivity contribution in [3.8, 4) is 11.1 Å². The second-order valence-electron chi connectivity index (χ2n) is 5.72. The maximum atomic E-state index is 6.07. The molecule has 1 aliphatic carbocycles. The average Bonchev–Trinajstić information content (AvgIpc) is 2.82. The van der Waals surface area contributed by atoms with E-state index in [0.717, 1.165) is 11.5 Å². The molecule has 0 aliphatic heterocycles. The quantitative estimate of drug-likeness (QED) is 0.853. The Hall–Kier alpha value is -1.77. The molecular formula is C16H21N3. The third-order valence-corrected chi connectivity index (χ3v) is 4.31. The number of aromatic nitrogens is 2. The third kappa shape index (κ3) is 2.37. The normalized spacial score (nSPS) is 23.4. The molecule has 0 saturated heterocycles. The average molecular weight is 255 g/mol. The molecule has 19 heavy (non-hydrogen) atoms. The Morgan fingerprint density at radius 3 is 2.47 bits per heavy atom. The summed E-state index contributed by atoms with van der Waals surface area (Å²) >= 11 is 0. The third-order valence-electron chi connectivity index (χ3n) is 4.31. The minimum absolute atomic E-state index is 0.580. The summed E-state index contributed by atoms with van der Waals surface area (Å²) in [5.41, 5.74) is 9.58. The number of rotatable bonds is 2. The molecule has 0 spiro atoms.